The first-order chi connectivity index (χ1) is 8.93. The lowest BCUT2D eigenvalue weighted by molar-refractivity contribution is -0.144. The van der Waals surface area contributed by atoms with Crippen LogP contribution in [0.15, 0.2) is 28.7 Å². The van der Waals surface area contributed by atoms with Gasteiger partial charge in [0.05, 0.1) is 0 Å². The Morgan fingerprint density at radius 1 is 1.37 bits per heavy atom. The topological polar surface area (TPSA) is 75.6 Å². The van der Waals surface area contributed by atoms with Crippen LogP contribution < -0.4 is 10.1 Å². The highest BCUT2D eigenvalue weighted by Crippen LogP contribution is 2.35. The number of hydrogen-bond acceptors (Lipinski definition) is 3. The predicted octanol–water partition coefficient (Wildman–Crippen LogP) is 1.95. The summed E-state index contributed by atoms with van der Waals surface area (Å²) in [6.07, 6.45) is 0.205. The second kappa shape index (κ2) is 5.21. The molecule has 19 heavy (non-hydrogen) atoms. The Balaban J connectivity index is 1.93. The van der Waals surface area contributed by atoms with Crippen molar-refractivity contribution in [3.05, 3.63) is 28.7 Å². The number of nitrogens with one attached hydrogen (secondary N) is 1. The van der Waals surface area contributed by atoms with Crippen LogP contribution in [0.3, 0.4) is 0 Å². The number of carboxylic acid groups (broad SMARTS) is 1. The van der Waals surface area contributed by atoms with Gasteiger partial charge in [-0.15, -0.1) is 0 Å². The summed E-state index contributed by atoms with van der Waals surface area (Å²) >= 11 is 3.30. The highest BCUT2D eigenvalue weighted by Gasteiger charge is 2.52. The summed E-state index contributed by atoms with van der Waals surface area (Å²) in [6.45, 7) is 1.59. The number of hydrogen-bond donors (Lipinski definition) is 2. The third kappa shape index (κ3) is 3.26. The molecule has 0 heterocycles. The average Bonchev–Trinajstić information content (AvgIpc) is 3.13. The molecule has 0 spiro atoms. The molecule has 0 bridgehead atoms. The van der Waals surface area contributed by atoms with Crippen LogP contribution in [0, 0.1) is 0 Å². The standard InChI is InChI=1S/C13H14BrNO4/c1-8(19-10-4-2-9(14)3-5-10)11(16)15-13(6-7-13)12(17)18/h2-5,8H,6-7H2,1H3,(H,15,16)(H,17,18). The summed E-state index contributed by atoms with van der Waals surface area (Å²) in [4.78, 5) is 22.8. The fourth-order valence-corrected chi connectivity index (χ4v) is 1.89. The molecule has 102 valence electrons. The molecule has 1 aliphatic rings. The monoisotopic (exact) mass is 327 g/mol. The van der Waals surface area contributed by atoms with Gasteiger partial charge in [0.2, 0.25) is 0 Å². The number of rotatable bonds is 5. The van der Waals surface area contributed by atoms with Crippen LogP contribution in [-0.4, -0.2) is 28.6 Å². The summed E-state index contributed by atoms with van der Waals surface area (Å²) in [5, 5.41) is 11.5. The Kier molecular flexibility index (Phi) is 3.80. The molecule has 1 aromatic carbocycles. The maximum Gasteiger partial charge on any atom is 0.329 e. The molecule has 1 fully saturated rings. The number of halogens is 1. The summed E-state index contributed by atoms with van der Waals surface area (Å²) in [5.74, 6) is -0.842. The Hall–Kier alpha value is -1.56. The minimum absolute atomic E-state index is 0.414. The Bertz CT molecular complexity index is 496. The summed E-state index contributed by atoms with van der Waals surface area (Å²) in [7, 11) is 0. The number of ether oxygens (including phenoxy) is 1. The van der Waals surface area contributed by atoms with E-state index < -0.39 is 23.5 Å². The van der Waals surface area contributed by atoms with Gasteiger partial charge in [-0.05, 0) is 44.0 Å². The van der Waals surface area contributed by atoms with E-state index in [9.17, 15) is 9.59 Å². The van der Waals surface area contributed by atoms with Crippen LogP contribution >= 0.6 is 15.9 Å². The van der Waals surface area contributed by atoms with Crippen molar-refractivity contribution in [2.24, 2.45) is 0 Å². The molecule has 6 heteroatoms. The van der Waals surface area contributed by atoms with Gasteiger partial charge in [-0.3, -0.25) is 4.79 Å². The number of carbonyl (C=O) groups excluding carboxylic acids is 1. The van der Waals surface area contributed by atoms with E-state index in [0.717, 1.165) is 4.47 Å². The van der Waals surface area contributed by atoms with Gasteiger partial charge in [-0.2, -0.15) is 0 Å². The van der Waals surface area contributed by atoms with Gasteiger partial charge < -0.3 is 15.2 Å². The molecule has 1 unspecified atom stereocenters. The highest BCUT2D eigenvalue weighted by molar-refractivity contribution is 9.10. The predicted molar refractivity (Wildman–Crippen MR) is 72.0 cm³/mol. The molecule has 1 atom stereocenters. The lowest BCUT2D eigenvalue weighted by Crippen LogP contribution is -2.48. The number of amides is 1. The van der Waals surface area contributed by atoms with Crippen molar-refractivity contribution in [1.82, 2.24) is 5.32 Å². The normalized spacial score (nSPS) is 17.4. The molecule has 0 aromatic heterocycles. The fourth-order valence-electron chi connectivity index (χ4n) is 1.63. The van der Waals surface area contributed by atoms with Crippen molar-refractivity contribution in [1.29, 1.82) is 0 Å². The largest absolute Gasteiger partial charge is 0.481 e. The van der Waals surface area contributed by atoms with Crippen molar-refractivity contribution in [3.63, 3.8) is 0 Å². The lowest BCUT2D eigenvalue weighted by atomic mass is 10.2. The van der Waals surface area contributed by atoms with E-state index in [1.165, 1.54) is 0 Å². The van der Waals surface area contributed by atoms with Gasteiger partial charge in [0.25, 0.3) is 5.91 Å². The molecule has 0 aliphatic heterocycles. The van der Waals surface area contributed by atoms with E-state index in [4.69, 9.17) is 9.84 Å². The van der Waals surface area contributed by atoms with Gasteiger partial charge in [0.1, 0.15) is 11.3 Å². The molecular weight excluding hydrogens is 314 g/mol. The Labute approximate surface area is 119 Å². The number of aliphatic carboxylic acids is 1. The average molecular weight is 328 g/mol. The molecule has 1 saturated carbocycles. The Morgan fingerprint density at radius 3 is 2.42 bits per heavy atom. The molecule has 2 N–H and O–H groups in total. The first kappa shape index (κ1) is 13.9. The zero-order valence-corrected chi connectivity index (χ0v) is 11.9. The van der Waals surface area contributed by atoms with Crippen molar-refractivity contribution < 1.29 is 19.4 Å². The van der Waals surface area contributed by atoms with E-state index in [2.05, 4.69) is 21.2 Å². The summed E-state index contributed by atoms with van der Waals surface area (Å²) < 4.78 is 6.38. The van der Waals surface area contributed by atoms with Gasteiger partial charge in [0.15, 0.2) is 6.10 Å². The third-order valence-corrected chi connectivity index (χ3v) is 3.55. The minimum Gasteiger partial charge on any atom is -0.481 e. The highest BCUT2D eigenvalue weighted by atomic mass is 79.9. The zero-order valence-electron chi connectivity index (χ0n) is 10.4. The van der Waals surface area contributed by atoms with Crippen LogP contribution in [0.1, 0.15) is 19.8 Å². The zero-order chi connectivity index (χ0) is 14.0. The summed E-state index contributed by atoms with van der Waals surface area (Å²) in [5.41, 5.74) is -1.07. The maximum absolute atomic E-state index is 11.9. The fraction of sp³-hybridized carbons (Fsp3) is 0.385. The molecule has 1 aliphatic carbocycles. The van der Waals surface area contributed by atoms with Crippen LogP contribution in [-0.2, 0) is 9.59 Å². The van der Waals surface area contributed by atoms with E-state index >= 15 is 0 Å². The summed E-state index contributed by atoms with van der Waals surface area (Å²) in [6, 6.07) is 7.08. The van der Waals surface area contributed by atoms with Crippen molar-refractivity contribution in [3.8, 4) is 5.75 Å². The van der Waals surface area contributed by atoms with Crippen molar-refractivity contribution >= 4 is 27.8 Å². The van der Waals surface area contributed by atoms with E-state index in [1.807, 2.05) is 0 Å². The molecule has 0 saturated heterocycles. The van der Waals surface area contributed by atoms with E-state index in [0.29, 0.717) is 18.6 Å². The minimum atomic E-state index is -1.07. The van der Waals surface area contributed by atoms with Crippen LogP contribution in [0.25, 0.3) is 0 Å². The lowest BCUT2D eigenvalue weighted by Gasteiger charge is -2.18. The molecule has 5 nitrogen and oxygen atoms in total. The second-order valence-corrected chi connectivity index (χ2v) is 5.51. The molecular formula is C13H14BrNO4. The Morgan fingerprint density at radius 2 is 1.95 bits per heavy atom. The van der Waals surface area contributed by atoms with Crippen LogP contribution in [0.5, 0.6) is 5.75 Å². The van der Waals surface area contributed by atoms with Crippen molar-refractivity contribution in [2.45, 2.75) is 31.4 Å². The van der Waals surface area contributed by atoms with Crippen LogP contribution in [0.4, 0.5) is 0 Å². The van der Waals surface area contributed by atoms with E-state index in [-0.39, 0.29) is 0 Å². The number of benzene rings is 1. The quantitative estimate of drug-likeness (QED) is 0.866. The van der Waals surface area contributed by atoms with Crippen LogP contribution in [0.2, 0.25) is 0 Å². The molecule has 1 amide bonds. The van der Waals surface area contributed by atoms with Gasteiger partial charge in [-0.1, -0.05) is 15.9 Å². The molecule has 2 rings (SSSR count). The first-order valence-electron chi connectivity index (χ1n) is 5.91. The van der Waals surface area contributed by atoms with Gasteiger partial charge in [-0.25, -0.2) is 4.79 Å². The second-order valence-electron chi connectivity index (χ2n) is 4.59. The first-order valence-corrected chi connectivity index (χ1v) is 6.70. The SMILES string of the molecule is CC(Oc1ccc(Br)cc1)C(=O)NC1(C(=O)O)CC1. The van der Waals surface area contributed by atoms with E-state index in [1.54, 1.807) is 31.2 Å². The smallest absolute Gasteiger partial charge is 0.329 e. The molecule has 0 radical (unpaired) electrons. The number of carbonyl (C=O) groups is 2. The number of carboxylic acids is 1. The molecule has 1 aromatic rings. The van der Waals surface area contributed by atoms with Crippen molar-refractivity contribution in [2.75, 3.05) is 0 Å². The van der Waals surface area contributed by atoms with Gasteiger partial charge in [0, 0.05) is 4.47 Å². The third-order valence-electron chi connectivity index (χ3n) is 3.02. The maximum atomic E-state index is 11.9. The van der Waals surface area contributed by atoms with Gasteiger partial charge >= 0.3 is 5.97 Å².